The number of hydrogen-bond donors (Lipinski definition) is 1. The summed E-state index contributed by atoms with van der Waals surface area (Å²) in [6.45, 7) is 8.13. The highest BCUT2D eigenvalue weighted by molar-refractivity contribution is 6.39. The molecule has 1 aromatic rings. The summed E-state index contributed by atoms with van der Waals surface area (Å²) in [5.41, 5.74) is 0.00846. The number of halogens is 3. The van der Waals surface area contributed by atoms with E-state index in [1.165, 1.54) is 12.1 Å². The Balaban J connectivity index is 2.27. The third kappa shape index (κ3) is 3.15. The van der Waals surface area contributed by atoms with Crippen LogP contribution in [0.25, 0.3) is 0 Å². The Morgan fingerprint density at radius 3 is 2.16 bits per heavy atom. The van der Waals surface area contributed by atoms with E-state index >= 15 is 0 Å². The molecule has 1 aliphatic rings. The normalized spacial score (nSPS) is 24.5. The lowest BCUT2D eigenvalue weighted by atomic mass is 9.94. The summed E-state index contributed by atoms with van der Waals surface area (Å²) in [6.07, 6.45) is 0.823. The van der Waals surface area contributed by atoms with Crippen molar-refractivity contribution in [2.75, 3.05) is 5.32 Å². The fourth-order valence-corrected chi connectivity index (χ4v) is 3.21. The van der Waals surface area contributed by atoms with Crippen molar-refractivity contribution < 1.29 is 9.13 Å². The van der Waals surface area contributed by atoms with Crippen molar-refractivity contribution in [1.82, 2.24) is 0 Å². The Bertz CT molecular complexity index is 479. The van der Waals surface area contributed by atoms with E-state index in [9.17, 15) is 4.39 Å². The molecule has 1 atom stereocenters. The molecule has 0 saturated carbocycles. The van der Waals surface area contributed by atoms with Gasteiger partial charge in [0.1, 0.15) is 5.82 Å². The number of rotatable bonds is 2. The molecule has 1 aliphatic heterocycles. The highest BCUT2D eigenvalue weighted by atomic mass is 35.5. The predicted octanol–water partition coefficient (Wildman–Crippen LogP) is 4.89. The van der Waals surface area contributed by atoms with Crippen LogP contribution in [0.3, 0.4) is 0 Å². The van der Waals surface area contributed by atoms with Gasteiger partial charge >= 0.3 is 0 Å². The fraction of sp³-hybridized carbons (Fsp3) is 0.571. The molecule has 0 spiro atoms. The van der Waals surface area contributed by atoms with Gasteiger partial charge in [-0.25, -0.2) is 4.39 Å². The molecule has 0 radical (unpaired) electrons. The largest absolute Gasteiger partial charge is 0.377 e. The first-order chi connectivity index (χ1) is 8.61. The summed E-state index contributed by atoms with van der Waals surface area (Å²) in [5.74, 6) is -0.442. The van der Waals surface area contributed by atoms with Crippen LogP contribution >= 0.6 is 23.2 Å². The van der Waals surface area contributed by atoms with Crippen molar-refractivity contribution in [3.05, 3.63) is 28.0 Å². The van der Waals surface area contributed by atoms with E-state index in [2.05, 4.69) is 5.32 Å². The highest BCUT2D eigenvalue weighted by Gasteiger charge is 2.46. The number of hydrogen-bond acceptors (Lipinski definition) is 2. The zero-order valence-corrected chi connectivity index (χ0v) is 13.0. The molecule has 1 fully saturated rings. The van der Waals surface area contributed by atoms with Crippen LogP contribution in [0, 0.1) is 5.82 Å². The molecule has 2 rings (SSSR count). The summed E-state index contributed by atoms with van der Waals surface area (Å²) < 4.78 is 19.2. The van der Waals surface area contributed by atoms with E-state index in [0.29, 0.717) is 5.69 Å². The minimum Gasteiger partial charge on any atom is -0.377 e. The molecule has 0 bridgehead atoms. The maximum atomic E-state index is 13.2. The quantitative estimate of drug-likeness (QED) is 0.840. The Morgan fingerprint density at radius 2 is 1.74 bits per heavy atom. The smallest absolute Gasteiger partial charge is 0.126 e. The molecule has 1 unspecified atom stereocenters. The van der Waals surface area contributed by atoms with Crippen molar-refractivity contribution in [1.29, 1.82) is 0 Å². The van der Waals surface area contributed by atoms with E-state index in [-0.39, 0.29) is 27.3 Å². The Kier molecular flexibility index (Phi) is 3.76. The summed E-state index contributed by atoms with van der Waals surface area (Å²) >= 11 is 12.1. The van der Waals surface area contributed by atoms with Crippen LogP contribution in [0.5, 0.6) is 0 Å². The highest BCUT2D eigenvalue weighted by Crippen LogP contribution is 2.41. The fourth-order valence-electron chi connectivity index (χ4n) is 2.64. The molecule has 1 N–H and O–H groups in total. The molecule has 1 saturated heterocycles. The van der Waals surface area contributed by atoms with Crippen LogP contribution in [0.1, 0.15) is 34.1 Å². The molecule has 0 aliphatic carbocycles. The van der Waals surface area contributed by atoms with Crippen LogP contribution in [0.15, 0.2) is 12.1 Å². The SMILES string of the molecule is CC1(C)CC(Nc2c(Cl)cc(F)cc2Cl)C(C)(C)O1. The van der Waals surface area contributed by atoms with Gasteiger partial charge < -0.3 is 10.1 Å². The molecule has 106 valence electrons. The first-order valence-corrected chi connectivity index (χ1v) is 6.97. The number of anilines is 1. The van der Waals surface area contributed by atoms with E-state index < -0.39 is 5.82 Å². The monoisotopic (exact) mass is 305 g/mol. The maximum absolute atomic E-state index is 13.2. The first kappa shape index (κ1) is 14.9. The second-order valence-electron chi connectivity index (χ2n) is 6.11. The van der Waals surface area contributed by atoms with Crippen molar-refractivity contribution in [2.45, 2.75) is 51.4 Å². The summed E-state index contributed by atoms with van der Waals surface area (Å²) in [5, 5.41) is 3.86. The topological polar surface area (TPSA) is 21.3 Å². The van der Waals surface area contributed by atoms with Crippen molar-refractivity contribution >= 4 is 28.9 Å². The van der Waals surface area contributed by atoms with E-state index in [1.54, 1.807) is 0 Å². The summed E-state index contributed by atoms with van der Waals surface area (Å²) in [6, 6.07) is 2.57. The number of nitrogens with one attached hydrogen (secondary N) is 1. The van der Waals surface area contributed by atoms with Gasteiger partial charge in [0.25, 0.3) is 0 Å². The summed E-state index contributed by atoms with van der Waals surface area (Å²) in [7, 11) is 0. The lowest BCUT2D eigenvalue weighted by molar-refractivity contribution is -0.0662. The van der Waals surface area contributed by atoms with E-state index in [1.807, 2.05) is 27.7 Å². The second-order valence-corrected chi connectivity index (χ2v) is 6.93. The van der Waals surface area contributed by atoms with Crippen LogP contribution in [0.2, 0.25) is 10.0 Å². The number of benzene rings is 1. The van der Waals surface area contributed by atoms with Gasteiger partial charge in [0.2, 0.25) is 0 Å². The Labute approximate surface area is 123 Å². The minimum absolute atomic E-state index is 0.0583. The van der Waals surface area contributed by atoms with E-state index in [0.717, 1.165) is 6.42 Å². The standard InChI is InChI=1S/C14H18Cl2FNO/c1-13(2)7-11(14(3,4)19-13)18-12-9(15)5-8(17)6-10(12)16/h5-6,11,18H,7H2,1-4H3. The number of ether oxygens (including phenoxy) is 1. The third-order valence-corrected chi connectivity index (χ3v) is 4.00. The lowest BCUT2D eigenvalue weighted by Gasteiger charge is -2.29. The van der Waals surface area contributed by atoms with Gasteiger partial charge in [-0.1, -0.05) is 23.2 Å². The van der Waals surface area contributed by atoms with Gasteiger partial charge in [-0.2, -0.15) is 0 Å². The maximum Gasteiger partial charge on any atom is 0.126 e. The molecule has 2 nitrogen and oxygen atoms in total. The van der Waals surface area contributed by atoms with Crippen LogP contribution in [-0.2, 0) is 4.74 Å². The van der Waals surface area contributed by atoms with Gasteiger partial charge in [0.05, 0.1) is 33.0 Å². The van der Waals surface area contributed by atoms with E-state index in [4.69, 9.17) is 27.9 Å². The molecule has 1 aromatic carbocycles. The Morgan fingerprint density at radius 1 is 1.21 bits per heavy atom. The van der Waals surface area contributed by atoms with Gasteiger partial charge in [-0.3, -0.25) is 0 Å². The van der Waals surface area contributed by atoms with Crippen LogP contribution in [0.4, 0.5) is 10.1 Å². The van der Waals surface area contributed by atoms with Crippen LogP contribution in [-0.4, -0.2) is 17.2 Å². The summed E-state index contributed by atoms with van der Waals surface area (Å²) in [4.78, 5) is 0. The lowest BCUT2D eigenvalue weighted by Crippen LogP contribution is -2.38. The average Bonchev–Trinajstić information content (AvgIpc) is 2.39. The van der Waals surface area contributed by atoms with Crippen molar-refractivity contribution in [3.8, 4) is 0 Å². The average molecular weight is 306 g/mol. The Hall–Kier alpha value is -0.510. The molecular weight excluding hydrogens is 288 g/mol. The molecule has 0 amide bonds. The molecular formula is C14H18Cl2FNO. The zero-order valence-electron chi connectivity index (χ0n) is 11.5. The molecule has 19 heavy (non-hydrogen) atoms. The molecule has 1 heterocycles. The predicted molar refractivity (Wildman–Crippen MR) is 77.7 cm³/mol. The van der Waals surface area contributed by atoms with Gasteiger partial charge in [0.15, 0.2) is 0 Å². The first-order valence-electron chi connectivity index (χ1n) is 6.22. The molecule has 5 heteroatoms. The van der Waals surface area contributed by atoms with Crippen molar-refractivity contribution in [2.24, 2.45) is 0 Å². The van der Waals surface area contributed by atoms with Gasteiger partial charge in [-0.05, 0) is 46.2 Å². The second kappa shape index (κ2) is 4.80. The van der Waals surface area contributed by atoms with Gasteiger partial charge in [-0.15, -0.1) is 0 Å². The van der Waals surface area contributed by atoms with Gasteiger partial charge in [0, 0.05) is 0 Å². The molecule has 0 aromatic heterocycles. The zero-order chi connectivity index (χ0) is 14.4. The minimum atomic E-state index is -0.442. The van der Waals surface area contributed by atoms with Crippen molar-refractivity contribution in [3.63, 3.8) is 0 Å². The van der Waals surface area contributed by atoms with Crippen LogP contribution < -0.4 is 5.32 Å². The third-order valence-electron chi connectivity index (χ3n) is 3.40.